The van der Waals surface area contributed by atoms with E-state index in [9.17, 15) is 4.79 Å². The SMILES string of the molecule is Cc1ccc(CNC(=O)Cn2cccc2-c2nc(-c3ccc(Cl)cc3)no2)cc1. The molecule has 0 aliphatic rings. The summed E-state index contributed by atoms with van der Waals surface area (Å²) in [5.74, 6) is 0.722. The Balaban J connectivity index is 1.44. The number of carbonyl (C=O) groups is 1. The van der Waals surface area contributed by atoms with E-state index < -0.39 is 0 Å². The Hall–Kier alpha value is -3.38. The van der Waals surface area contributed by atoms with Crippen LogP contribution in [-0.4, -0.2) is 20.6 Å². The minimum Gasteiger partial charge on any atom is -0.350 e. The van der Waals surface area contributed by atoms with Crippen LogP contribution in [-0.2, 0) is 17.9 Å². The Morgan fingerprint density at radius 1 is 1.10 bits per heavy atom. The van der Waals surface area contributed by atoms with Crippen molar-refractivity contribution in [2.75, 3.05) is 0 Å². The molecule has 4 rings (SSSR count). The Labute approximate surface area is 173 Å². The molecule has 2 aromatic carbocycles. The first kappa shape index (κ1) is 19.0. The quantitative estimate of drug-likeness (QED) is 0.512. The molecule has 29 heavy (non-hydrogen) atoms. The number of amides is 1. The maximum absolute atomic E-state index is 12.4. The molecule has 0 aliphatic carbocycles. The van der Waals surface area contributed by atoms with Crippen molar-refractivity contribution in [1.82, 2.24) is 20.0 Å². The fourth-order valence-corrected chi connectivity index (χ4v) is 3.03. The number of nitrogens with one attached hydrogen (secondary N) is 1. The Morgan fingerprint density at radius 3 is 2.62 bits per heavy atom. The van der Waals surface area contributed by atoms with Gasteiger partial charge >= 0.3 is 0 Å². The van der Waals surface area contributed by atoms with E-state index in [0.717, 1.165) is 11.1 Å². The minimum absolute atomic E-state index is 0.0968. The zero-order chi connectivity index (χ0) is 20.2. The average Bonchev–Trinajstić information content (AvgIpc) is 3.37. The lowest BCUT2D eigenvalue weighted by Gasteiger charge is -2.08. The highest BCUT2D eigenvalue weighted by Crippen LogP contribution is 2.23. The Kier molecular flexibility index (Phi) is 5.44. The molecule has 0 radical (unpaired) electrons. The van der Waals surface area contributed by atoms with E-state index in [1.54, 1.807) is 16.7 Å². The van der Waals surface area contributed by atoms with Crippen molar-refractivity contribution in [3.8, 4) is 23.0 Å². The second-order valence-corrected chi connectivity index (χ2v) is 7.15. The van der Waals surface area contributed by atoms with Gasteiger partial charge in [-0.1, -0.05) is 46.6 Å². The second-order valence-electron chi connectivity index (χ2n) is 6.71. The molecule has 0 spiro atoms. The highest BCUT2D eigenvalue weighted by atomic mass is 35.5. The van der Waals surface area contributed by atoms with Crippen molar-refractivity contribution >= 4 is 17.5 Å². The monoisotopic (exact) mass is 406 g/mol. The normalized spacial score (nSPS) is 10.8. The number of rotatable bonds is 6. The summed E-state index contributed by atoms with van der Waals surface area (Å²) in [4.78, 5) is 16.8. The predicted octanol–water partition coefficient (Wildman–Crippen LogP) is 4.48. The molecule has 2 heterocycles. The molecule has 0 bridgehead atoms. The molecule has 4 aromatic rings. The van der Waals surface area contributed by atoms with Crippen LogP contribution in [0.4, 0.5) is 0 Å². The summed E-state index contributed by atoms with van der Waals surface area (Å²) >= 11 is 5.92. The first-order valence-corrected chi connectivity index (χ1v) is 9.54. The van der Waals surface area contributed by atoms with Crippen molar-refractivity contribution < 1.29 is 9.32 Å². The zero-order valence-corrected chi connectivity index (χ0v) is 16.6. The minimum atomic E-state index is -0.0968. The van der Waals surface area contributed by atoms with Crippen molar-refractivity contribution in [3.63, 3.8) is 0 Å². The lowest BCUT2D eigenvalue weighted by Crippen LogP contribution is -2.27. The smallest absolute Gasteiger partial charge is 0.274 e. The molecule has 1 N–H and O–H groups in total. The third-order valence-electron chi connectivity index (χ3n) is 4.50. The number of hydrogen-bond donors (Lipinski definition) is 1. The summed E-state index contributed by atoms with van der Waals surface area (Å²) < 4.78 is 7.19. The van der Waals surface area contributed by atoms with Crippen molar-refractivity contribution in [3.05, 3.63) is 83.0 Å². The number of carbonyl (C=O) groups excluding carboxylic acids is 1. The van der Waals surface area contributed by atoms with Gasteiger partial charge in [0.2, 0.25) is 11.7 Å². The van der Waals surface area contributed by atoms with Crippen LogP contribution in [0.25, 0.3) is 23.0 Å². The van der Waals surface area contributed by atoms with Crippen LogP contribution < -0.4 is 5.32 Å². The molecule has 2 aromatic heterocycles. The molecular formula is C22H19ClN4O2. The van der Waals surface area contributed by atoms with Gasteiger partial charge in [-0.2, -0.15) is 4.98 Å². The van der Waals surface area contributed by atoms with E-state index in [2.05, 4.69) is 15.5 Å². The molecule has 0 unspecified atom stereocenters. The highest BCUT2D eigenvalue weighted by Gasteiger charge is 2.15. The van der Waals surface area contributed by atoms with E-state index in [0.29, 0.717) is 29.0 Å². The molecule has 146 valence electrons. The van der Waals surface area contributed by atoms with Gasteiger partial charge in [0.1, 0.15) is 12.2 Å². The molecule has 0 fully saturated rings. The van der Waals surface area contributed by atoms with Gasteiger partial charge in [-0.15, -0.1) is 0 Å². The zero-order valence-electron chi connectivity index (χ0n) is 15.8. The standard InChI is InChI=1S/C22H19ClN4O2/c1-15-4-6-16(7-5-15)13-24-20(28)14-27-12-2-3-19(27)22-25-21(26-29-22)17-8-10-18(23)11-9-17/h2-12H,13-14H2,1H3,(H,24,28). The average molecular weight is 407 g/mol. The fraction of sp³-hybridized carbons (Fsp3) is 0.136. The van der Waals surface area contributed by atoms with Gasteiger partial charge < -0.3 is 14.4 Å². The van der Waals surface area contributed by atoms with Gasteiger partial charge in [-0.05, 0) is 48.9 Å². The molecule has 0 aliphatic heterocycles. The third kappa shape index (κ3) is 4.55. The predicted molar refractivity (Wildman–Crippen MR) is 111 cm³/mol. The van der Waals surface area contributed by atoms with Crippen LogP contribution in [0.2, 0.25) is 5.02 Å². The van der Waals surface area contributed by atoms with E-state index in [4.69, 9.17) is 16.1 Å². The lowest BCUT2D eigenvalue weighted by molar-refractivity contribution is -0.121. The van der Waals surface area contributed by atoms with Crippen LogP contribution in [0, 0.1) is 6.92 Å². The van der Waals surface area contributed by atoms with E-state index >= 15 is 0 Å². The molecule has 0 saturated heterocycles. The van der Waals surface area contributed by atoms with Gasteiger partial charge in [-0.25, -0.2) is 0 Å². The molecule has 0 atom stereocenters. The molecule has 1 amide bonds. The Morgan fingerprint density at radius 2 is 1.86 bits per heavy atom. The maximum Gasteiger partial charge on any atom is 0.274 e. The fourth-order valence-electron chi connectivity index (χ4n) is 2.91. The van der Waals surface area contributed by atoms with Crippen molar-refractivity contribution in [2.45, 2.75) is 20.0 Å². The van der Waals surface area contributed by atoms with Gasteiger partial charge in [0.15, 0.2) is 0 Å². The van der Waals surface area contributed by atoms with Crippen molar-refractivity contribution in [2.24, 2.45) is 0 Å². The number of nitrogens with zero attached hydrogens (tertiary/aromatic N) is 3. The molecular weight excluding hydrogens is 388 g/mol. The summed E-state index contributed by atoms with van der Waals surface area (Å²) in [5, 5.41) is 7.61. The molecule has 0 saturated carbocycles. The van der Waals surface area contributed by atoms with Gasteiger partial charge in [0.25, 0.3) is 5.89 Å². The van der Waals surface area contributed by atoms with Gasteiger partial charge in [0, 0.05) is 23.3 Å². The van der Waals surface area contributed by atoms with Crippen LogP contribution in [0.1, 0.15) is 11.1 Å². The Bertz CT molecular complexity index is 1110. The largest absolute Gasteiger partial charge is 0.350 e. The highest BCUT2D eigenvalue weighted by molar-refractivity contribution is 6.30. The van der Waals surface area contributed by atoms with E-state index in [1.807, 2.05) is 61.7 Å². The number of benzene rings is 2. The van der Waals surface area contributed by atoms with Crippen molar-refractivity contribution in [1.29, 1.82) is 0 Å². The maximum atomic E-state index is 12.4. The summed E-state index contributed by atoms with van der Waals surface area (Å²) in [7, 11) is 0. The first-order chi connectivity index (χ1) is 14.1. The number of hydrogen-bond acceptors (Lipinski definition) is 4. The number of aryl methyl sites for hydroxylation is 1. The first-order valence-electron chi connectivity index (χ1n) is 9.16. The van der Waals surface area contributed by atoms with Gasteiger partial charge in [-0.3, -0.25) is 4.79 Å². The van der Waals surface area contributed by atoms with Crippen LogP contribution in [0.5, 0.6) is 0 Å². The topological polar surface area (TPSA) is 73.0 Å². The lowest BCUT2D eigenvalue weighted by atomic mass is 10.1. The van der Waals surface area contributed by atoms with E-state index in [1.165, 1.54) is 5.56 Å². The van der Waals surface area contributed by atoms with Crippen LogP contribution >= 0.6 is 11.6 Å². The summed E-state index contributed by atoms with van der Waals surface area (Å²) in [6.07, 6.45) is 1.81. The van der Waals surface area contributed by atoms with Crippen LogP contribution in [0.15, 0.2) is 71.4 Å². The van der Waals surface area contributed by atoms with Crippen LogP contribution in [0.3, 0.4) is 0 Å². The third-order valence-corrected chi connectivity index (χ3v) is 4.75. The number of aromatic nitrogens is 3. The molecule has 7 heteroatoms. The van der Waals surface area contributed by atoms with Gasteiger partial charge in [0.05, 0.1) is 0 Å². The van der Waals surface area contributed by atoms with E-state index in [-0.39, 0.29) is 12.5 Å². The summed E-state index contributed by atoms with van der Waals surface area (Å²) in [6, 6.07) is 19.0. The molecule has 6 nitrogen and oxygen atoms in total. The summed E-state index contributed by atoms with van der Waals surface area (Å²) in [5.41, 5.74) is 3.73. The summed E-state index contributed by atoms with van der Waals surface area (Å²) in [6.45, 7) is 2.68. The second kappa shape index (κ2) is 8.32. The number of halogens is 1.